The zero-order valence-electron chi connectivity index (χ0n) is 11.9. The van der Waals surface area contributed by atoms with Gasteiger partial charge in [-0.25, -0.2) is 0 Å². The molecule has 0 radical (unpaired) electrons. The van der Waals surface area contributed by atoms with Gasteiger partial charge in [-0.05, 0) is 58.7 Å². The molecule has 2 rings (SSSR count). The molecule has 3 nitrogen and oxygen atoms in total. The first-order chi connectivity index (χ1) is 9.63. The minimum atomic E-state index is 0.669. The van der Waals surface area contributed by atoms with Gasteiger partial charge in [-0.2, -0.15) is 0 Å². The number of nitrogens with one attached hydrogen (secondary N) is 1. The number of anilines is 1. The summed E-state index contributed by atoms with van der Waals surface area (Å²) in [5, 5.41) is 3.41. The van der Waals surface area contributed by atoms with Crippen LogP contribution in [0.3, 0.4) is 0 Å². The minimum Gasteiger partial charge on any atom is -0.497 e. The van der Waals surface area contributed by atoms with Crippen molar-refractivity contribution in [3.63, 3.8) is 0 Å². The van der Waals surface area contributed by atoms with Gasteiger partial charge in [0.05, 0.1) is 14.2 Å². The zero-order valence-corrected chi connectivity index (χ0v) is 13.5. The summed E-state index contributed by atoms with van der Waals surface area (Å²) in [4.78, 5) is 0. The highest BCUT2D eigenvalue weighted by molar-refractivity contribution is 9.10. The number of hydrogen-bond donors (Lipinski definition) is 1. The lowest BCUT2D eigenvalue weighted by atomic mass is 10.1. The molecule has 0 saturated heterocycles. The van der Waals surface area contributed by atoms with Gasteiger partial charge in [0.1, 0.15) is 11.5 Å². The van der Waals surface area contributed by atoms with E-state index in [1.807, 2.05) is 24.3 Å². The average molecular weight is 336 g/mol. The first-order valence-corrected chi connectivity index (χ1v) is 7.14. The molecular weight excluding hydrogens is 318 g/mol. The second-order valence-electron chi connectivity index (χ2n) is 4.51. The van der Waals surface area contributed by atoms with Crippen molar-refractivity contribution in [1.29, 1.82) is 0 Å². The summed E-state index contributed by atoms with van der Waals surface area (Å²) >= 11 is 3.55. The number of ether oxygens (including phenoxy) is 2. The van der Waals surface area contributed by atoms with Crippen molar-refractivity contribution in [2.75, 3.05) is 19.5 Å². The third-order valence-corrected chi connectivity index (χ3v) is 3.77. The van der Waals surface area contributed by atoms with Crippen LogP contribution in [0.4, 0.5) is 5.69 Å². The van der Waals surface area contributed by atoms with Gasteiger partial charge in [0.2, 0.25) is 0 Å². The molecule has 0 unspecified atom stereocenters. The molecule has 1 N–H and O–H groups in total. The lowest BCUT2D eigenvalue weighted by Gasteiger charge is -2.13. The van der Waals surface area contributed by atoms with Gasteiger partial charge in [-0.1, -0.05) is 6.07 Å². The molecule has 2 aromatic carbocycles. The second-order valence-corrected chi connectivity index (χ2v) is 5.37. The molecule has 20 heavy (non-hydrogen) atoms. The molecular formula is C16H18BrNO2. The Morgan fingerprint density at radius 2 is 1.85 bits per heavy atom. The number of aryl methyl sites for hydroxylation is 1. The van der Waals surface area contributed by atoms with Crippen molar-refractivity contribution >= 4 is 21.6 Å². The quantitative estimate of drug-likeness (QED) is 0.879. The predicted molar refractivity (Wildman–Crippen MR) is 85.8 cm³/mol. The fourth-order valence-electron chi connectivity index (χ4n) is 1.99. The molecule has 0 amide bonds. The highest BCUT2D eigenvalue weighted by Crippen LogP contribution is 2.27. The Morgan fingerprint density at radius 3 is 2.55 bits per heavy atom. The van der Waals surface area contributed by atoms with Gasteiger partial charge >= 0.3 is 0 Å². The normalized spacial score (nSPS) is 10.2. The smallest absolute Gasteiger partial charge is 0.124 e. The van der Waals surface area contributed by atoms with E-state index in [-0.39, 0.29) is 0 Å². The number of methoxy groups -OCH3 is 2. The maximum Gasteiger partial charge on any atom is 0.124 e. The molecule has 0 spiro atoms. The predicted octanol–water partition coefficient (Wildman–Crippen LogP) is 4.39. The van der Waals surface area contributed by atoms with Crippen molar-refractivity contribution in [3.8, 4) is 11.5 Å². The van der Waals surface area contributed by atoms with Gasteiger partial charge in [0.15, 0.2) is 0 Å². The summed E-state index contributed by atoms with van der Waals surface area (Å²) in [7, 11) is 3.34. The molecule has 0 aromatic heterocycles. The highest BCUT2D eigenvalue weighted by Gasteiger charge is 2.06. The summed E-state index contributed by atoms with van der Waals surface area (Å²) in [6, 6.07) is 12.0. The maximum absolute atomic E-state index is 5.38. The molecule has 2 aromatic rings. The summed E-state index contributed by atoms with van der Waals surface area (Å²) in [5.74, 6) is 1.67. The van der Waals surface area contributed by atoms with E-state index in [2.05, 4.69) is 40.3 Å². The van der Waals surface area contributed by atoms with Gasteiger partial charge in [-0.15, -0.1) is 0 Å². The molecule has 4 heteroatoms. The second kappa shape index (κ2) is 6.66. The maximum atomic E-state index is 5.38. The molecule has 106 valence electrons. The molecule has 0 aliphatic heterocycles. The number of rotatable bonds is 5. The van der Waals surface area contributed by atoms with Crippen LogP contribution in [0.2, 0.25) is 0 Å². The van der Waals surface area contributed by atoms with Crippen molar-refractivity contribution in [3.05, 3.63) is 52.0 Å². The van der Waals surface area contributed by atoms with Crippen molar-refractivity contribution in [1.82, 2.24) is 0 Å². The van der Waals surface area contributed by atoms with Crippen LogP contribution in [0.5, 0.6) is 11.5 Å². The molecule has 0 fully saturated rings. The van der Waals surface area contributed by atoms with Crippen LogP contribution in [-0.4, -0.2) is 14.2 Å². The van der Waals surface area contributed by atoms with Gasteiger partial charge < -0.3 is 14.8 Å². The summed E-state index contributed by atoms with van der Waals surface area (Å²) in [6.07, 6.45) is 0. The number of halogens is 1. The molecule has 0 bridgehead atoms. The van der Waals surface area contributed by atoms with Crippen LogP contribution in [0.1, 0.15) is 11.1 Å². The molecule has 0 aliphatic carbocycles. The van der Waals surface area contributed by atoms with Crippen molar-refractivity contribution < 1.29 is 9.47 Å². The number of hydrogen-bond acceptors (Lipinski definition) is 3. The van der Waals surface area contributed by atoms with E-state index < -0.39 is 0 Å². The van der Waals surface area contributed by atoms with Crippen LogP contribution < -0.4 is 14.8 Å². The first kappa shape index (κ1) is 14.7. The Balaban J connectivity index is 2.19. The van der Waals surface area contributed by atoms with E-state index in [4.69, 9.17) is 9.47 Å². The first-order valence-electron chi connectivity index (χ1n) is 6.35. The monoisotopic (exact) mass is 335 g/mol. The molecule has 0 saturated carbocycles. The van der Waals surface area contributed by atoms with E-state index in [0.29, 0.717) is 6.54 Å². The Kier molecular flexibility index (Phi) is 4.90. The van der Waals surface area contributed by atoms with E-state index >= 15 is 0 Å². The Morgan fingerprint density at radius 1 is 1.05 bits per heavy atom. The van der Waals surface area contributed by atoms with Crippen LogP contribution in [0, 0.1) is 6.92 Å². The third kappa shape index (κ3) is 3.45. The lowest BCUT2D eigenvalue weighted by molar-refractivity contribution is 0.399. The van der Waals surface area contributed by atoms with Gasteiger partial charge in [0, 0.05) is 22.3 Å². The van der Waals surface area contributed by atoms with E-state index in [0.717, 1.165) is 27.2 Å². The fraction of sp³-hybridized carbons (Fsp3) is 0.250. The average Bonchev–Trinajstić information content (AvgIpc) is 2.47. The Hall–Kier alpha value is -1.68. The minimum absolute atomic E-state index is 0.669. The third-order valence-electron chi connectivity index (χ3n) is 3.08. The molecule has 0 aliphatic rings. The largest absolute Gasteiger partial charge is 0.497 e. The van der Waals surface area contributed by atoms with Crippen LogP contribution in [0.15, 0.2) is 40.9 Å². The van der Waals surface area contributed by atoms with Crippen LogP contribution >= 0.6 is 15.9 Å². The highest BCUT2D eigenvalue weighted by atomic mass is 79.9. The standard InChI is InChI=1S/C16H18BrNO2/c1-11-4-6-14(17)15(8-11)18-10-12-9-13(19-2)5-7-16(12)20-3/h4-9,18H,10H2,1-3H3. The molecule has 0 heterocycles. The Bertz CT molecular complexity index is 599. The van der Waals surface area contributed by atoms with Gasteiger partial charge in [0.25, 0.3) is 0 Å². The fourth-order valence-corrected chi connectivity index (χ4v) is 2.37. The SMILES string of the molecule is COc1ccc(OC)c(CNc2cc(C)ccc2Br)c1. The Labute approximate surface area is 128 Å². The van der Waals surface area contributed by atoms with E-state index in [1.165, 1.54) is 5.56 Å². The topological polar surface area (TPSA) is 30.5 Å². The summed E-state index contributed by atoms with van der Waals surface area (Å²) in [5.41, 5.74) is 3.34. The van der Waals surface area contributed by atoms with Crippen molar-refractivity contribution in [2.24, 2.45) is 0 Å². The van der Waals surface area contributed by atoms with Crippen LogP contribution in [0.25, 0.3) is 0 Å². The number of benzene rings is 2. The van der Waals surface area contributed by atoms with Crippen molar-refractivity contribution in [2.45, 2.75) is 13.5 Å². The zero-order chi connectivity index (χ0) is 14.5. The lowest BCUT2D eigenvalue weighted by Crippen LogP contribution is -2.03. The van der Waals surface area contributed by atoms with E-state index in [1.54, 1.807) is 14.2 Å². The van der Waals surface area contributed by atoms with E-state index in [9.17, 15) is 0 Å². The summed E-state index contributed by atoms with van der Waals surface area (Å²) in [6.45, 7) is 2.74. The summed E-state index contributed by atoms with van der Waals surface area (Å²) < 4.78 is 11.7. The van der Waals surface area contributed by atoms with Crippen LogP contribution in [-0.2, 0) is 6.54 Å². The van der Waals surface area contributed by atoms with Gasteiger partial charge in [-0.3, -0.25) is 0 Å². The molecule has 0 atom stereocenters.